The molecule has 0 radical (unpaired) electrons. The van der Waals surface area contributed by atoms with Crippen LogP contribution in [0, 0.1) is 18.7 Å². The molecule has 0 heterocycles. The Morgan fingerprint density at radius 3 is 2.78 bits per heavy atom. The normalized spacial score (nSPS) is 14.8. The molecule has 1 aliphatic carbocycles. The summed E-state index contributed by atoms with van der Waals surface area (Å²) in [6, 6.07) is 4.93. The van der Waals surface area contributed by atoms with Crippen LogP contribution >= 0.6 is 0 Å². The molecule has 0 aliphatic heterocycles. The molecule has 23 heavy (non-hydrogen) atoms. The smallest absolute Gasteiger partial charge is 0.190 e. The van der Waals surface area contributed by atoms with Gasteiger partial charge in [-0.3, -0.25) is 4.99 Å². The topological polar surface area (TPSA) is 45.7 Å². The Morgan fingerprint density at radius 1 is 1.30 bits per heavy atom. The van der Waals surface area contributed by atoms with Crippen molar-refractivity contribution in [2.24, 2.45) is 10.9 Å². The molecule has 2 N–H and O–H groups in total. The third kappa shape index (κ3) is 6.99. The van der Waals surface area contributed by atoms with Gasteiger partial charge in [0.05, 0.1) is 0 Å². The number of aliphatic imine (C=N–C) groups is 1. The van der Waals surface area contributed by atoms with Crippen molar-refractivity contribution in [3.63, 3.8) is 0 Å². The summed E-state index contributed by atoms with van der Waals surface area (Å²) in [5, 5.41) is 6.57. The second kappa shape index (κ2) is 9.50. The lowest BCUT2D eigenvalue weighted by atomic mass is 10.1. The van der Waals surface area contributed by atoms with Crippen molar-refractivity contribution in [2.75, 3.05) is 33.4 Å². The van der Waals surface area contributed by atoms with Crippen LogP contribution in [0.1, 0.15) is 30.4 Å². The van der Waals surface area contributed by atoms with Gasteiger partial charge in [-0.1, -0.05) is 6.07 Å². The first-order chi connectivity index (χ1) is 11.2. The molecule has 4 nitrogen and oxygen atoms in total. The fourth-order valence-corrected chi connectivity index (χ4v) is 2.39. The molecule has 0 atom stereocenters. The largest absolute Gasteiger partial charge is 0.381 e. The maximum absolute atomic E-state index is 13.1. The Kier molecular flexibility index (Phi) is 7.33. The highest BCUT2D eigenvalue weighted by Crippen LogP contribution is 2.28. The zero-order valence-electron chi connectivity index (χ0n) is 14.2. The summed E-state index contributed by atoms with van der Waals surface area (Å²) in [6.07, 6.45) is 4.49. The van der Waals surface area contributed by atoms with Gasteiger partial charge < -0.3 is 15.4 Å². The molecule has 1 aromatic carbocycles. The van der Waals surface area contributed by atoms with E-state index >= 15 is 0 Å². The van der Waals surface area contributed by atoms with Gasteiger partial charge in [0, 0.05) is 33.4 Å². The Morgan fingerprint density at radius 2 is 2.09 bits per heavy atom. The van der Waals surface area contributed by atoms with Crippen LogP contribution in [0.2, 0.25) is 0 Å². The van der Waals surface area contributed by atoms with Gasteiger partial charge in [0.1, 0.15) is 5.82 Å². The van der Waals surface area contributed by atoms with E-state index in [2.05, 4.69) is 15.6 Å². The average molecular weight is 321 g/mol. The van der Waals surface area contributed by atoms with E-state index in [0.717, 1.165) is 62.1 Å². The van der Waals surface area contributed by atoms with Gasteiger partial charge in [-0.05, 0) is 61.8 Å². The quantitative estimate of drug-likeness (QED) is 0.417. The van der Waals surface area contributed by atoms with Gasteiger partial charge in [-0.2, -0.15) is 0 Å². The minimum atomic E-state index is -0.180. The van der Waals surface area contributed by atoms with Crippen molar-refractivity contribution in [1.29, 1.82) is 0 Å². The van der Waals surface area contributed by atoms with Gasteiger partial charge in [0.2, 0.25) is 0 Å². The highest BCUT2D eigenvalue weighted by atomic mass is 19.1. The maximum atomic E-state index is 13.1. The molecule has 0 saturated heterocycles. The number of hydrogen-bond donors (Lipinski definition) is 2. The fourth-order valence-electron chi connectivity index (χ4n) is 2.39. The SMILES string of the molecule is CN=C(NCCCOCC1CC1)NCCc1ccc(F)cc1C. The van der Waals surface area contributed by atoms with Crippen molar-refractivity contribution in [3.8, 4) is 0 Å². The van der Waals surface area contributed by atoms with Crippen LogP contribution in [0.5, 0.6) is 0 Å². The lowest BCUT2D eigenvalue weighted by molar-refractivity contribution is 0.123. The molecular weight excluding hydrogens is 293 g/mol. The van der Waals surface area contributed by atoms with E-state index in [0.29, 0.717) is 0 Å². The standard InChI is InChI=1S/C18H28FN3O/c1-14-12-17(19)7-6-16(14)8-10-22-18(20-2)21-9-3-11-23-13-15-4-5-15/h6-7,12,15H,3-5,8-11,13H2,1-2H3,(H2,20,21,22). The molecule has 2 rings (SSSR count). The van der Waals surface area contributed by atoms with Crippen LogP contribution in [-0.4, -0.2) is 39.3 Å². The number of benzene rings is 1. The Labute approximate surface area is 138 Å². The molecule has 5 heteroatoms. The van der Waals surface area contributed by atoms with Crippen LogP contribution in [0.3, 0.4) is 0 Å². The van der Waals surface area contributed by atoms with Crippen molar-refractivity contribution in [2.45, 2.75) is 32.6 Å². The van der Waals surface area contributed by atoms with Crippen molar-refractivity contribution < 1.29 is 9.13 Å². The second-order valence-corrected chi connectivity index (χ2v) is 6.12. The molecule has 0 aromatic heterocycles. The van der Waals surface area contributed by atoms with Crippen LogP contribution in [0.4, 0.5) is 4.39 Å². The summed E-state index contributed by atoms with van der Waals surface area (Å²) in [6.45, 7) is 5.27. The molecular formula is C18H28FN3O. The Balaban J connectivity index is 1.56. The lowest BCUT2D eigenvalue weighted by Crippen LogP contribution is -2.39. The number of hydrogen-bond acceptors (Lipinski definition) is 2. The predicted molar refractivity (Wildman–Crippen MR) is 92.4 cm³/mol. The van der Waals surface area contributed by atoms with Gasteiger partial charge in [0.25, 0.3) is 0 Å². The molecule has 0 spiro atoms. The predicted octanol–water partition coefficient (Wildman–Crippen LogP) is 2.66. The minimum absolute atomic E-state index is 0.180. The molecule has 1 fully saturated rings. The van der Waals surface area contributed by atoms with Crippen LogP contribution in [0.15, 0.2) is 23.2 Å². The lowest BCUT2D eigenvalue weighted by Gasteiger charge is -2.12. The van der Waals surface area contributed by atoms with Crippen molar-refractivity contribution >= 4 is 5.96 Å². The van der Waals surface area contributed by atoms with E-state index in [9.17, 15) is 4.39 Å². The molecule has 0 amide bonds. The van der Waals surface area contributed by atoms with E-state index < -0.39 is 0 Å². The number of ether oxygens (including phenoxy) is 1. The summed E-state index contributed by atoms with van der Waals surface area (Å²) in [5.74, 6) is 1.44. The molecule has 128 valence electrons. The second-order valence-electron chi connectivity index (χ2n) is 6.12. The molecule has 0 unspecified atom stereocenters. The van der Waals surface area contributed by atoms with E-state index in [1.807, 2.05) is 13.0 Å². The fraction of sp³-hybridized carbons (Fsp3) is 0.611. The number of nitrogens with one attached hydrogen (secondary N) is 2. The van der Waals surface area contributed by atoms with Gasteiger partial charge in [0.15, 0.2) is 5.96 Å². The maximum Gasteiger partial charge on any atom is 0.190 e. The van der Waals surface area contributed by atoms with Crippen LogP contribution in [0.25, 0.3) is 0 Å². The van der Waals surface area contributed by atoms with E-state index in [4.69, 9.17) is 4.74 Å². The van der Waals surface area contributed by atoms with Crippen molar-refractivity contribution in [3.05, 3.63) is 35.1 Å². The van der Waals surface area contributed by atoms with Crippen molar-refractivity contribution in [1.82, 2.24) is 10.6 Å². The monoisotopic (exact) mass is 321 g/mol. The Hall–Kier alpha value is -1.62. The summed E-state index contributed by atoms with van der Waals surface area (Å²) < 4.78 is 18.7. The first-order valence-electron chi connectivity index (χ1n) is 8.46. The molecule has 0 bridgehead atoms. The number of halogens is 1. The van der Waals surface area contributed by atoms with Gasteiger partial charge >= 0.3 is 0 Å². The zero-order chi connectivity index (χ0) is 16.5. The highest BCUT2D eigenvalue weighted by Gasteiger charge is 2.20. The molecule has 1 saturated carbocycles. The van der Waals surface area contributed by atoms with E-state index in [-0.39, 0.29) is 5.82 Å². The van der Waals surface area contributed by atoms with Crippen LogP contribution < -0.4 is 10.6 Å². The number of nitrogens with zero attached hydrogens (tertiary/aromatic N) is 1. The molecule has 1 aliphatic rings. The summed E-state index contributed by atoms with van der Waals surface area (Å²) in [7, 11) is 1.77. The van der Waals surface area contributed by atoms with E-state index in [1.54, 1.807) is 13.1 Å². The molecule has 1 aromatic rings. The van der Waals surface area contributed by atoms with E-state index in [1.165, 1.54) is 18.9 Å². The van der Waals surface area contributed by atoms with Gasteiger partial charge in [-0.15, -0.1) is 0 Å². The average Bonchev–Trinajstić information content (AvgIpc) is 3.35. The van der Waals surface area contributed by atoms with Gasteiger partial charge in [-0.25, -0.2) is 4.39 Å². The summed E-state index contributed by atoms with van der Waals surface area (Å²) in [5.41, 5.74) is 2.14. The summed E-state index contributed by atoms with van der Waals surface area (Å²) in [4.78, 5) is 4.21. The van der Waals surface area contributed by atoms with Crippen LogP contribution in [-0.2, 0) is 11.2 Å². The first kappa shape index (κ1) is 17.7. The third-order valence-electron chi connectivity index (χ3n) is 4.02. The zero-order valence-corrected chi connectivity index (χ0v) is 14.2. The number of rotatable bonds is 9. The Bertz CT molecular complexity index is 515. The third-order valence-corrected chi connectivity index (χ3v) is 4.02. The first-order valence-corrected chi connectivity index (χ1v) is 8.46. The number of guanidine groups is 1. The highest BCUT2D eigenvalue weighted by molar-refractivity contribution is 5.79. The minimum Gasteiger partial charge on any atom is -0.381 e. The summed E-state index contributed by atoms with van der Waals surface area (Å²) >= 11 is 0. The number of aryl methyl sites for hydroxylation is 1.